The number of rotatable bonds is 4. The molecule has 0 amide bonds. The zero-order valence-electron chi connectivity index (χ0n) is 10.7. The molecule has 0 aromatic heterocycles. The minimum atomic E-state index is -0.293. The van der Waals surface area contributed by atoms with Crippen molar-refractivity contribution < 1.29 is 8.78 Å². The van der Waals surface area contributed by atoms with E-state index >= 15 is 0 Å². The number of nitrogens with two attached hydrogens (primary N) is 1. The van der Waals surface area contributed by atoms with Crippen LogP contribution < -0.4 is 10.6 Å². The van der Waals surface area contributed by atoms with Gasteiger partial charge >= 0.3 is 0 Å². The maximum absolute atomic E-state index is 13.8. The van der Waals surface area contributed by atoms with E-state index in [1.54, 1.807) is 18.2 Å². The molecule has 0 heterocycles. The summed E-state index contributed by atoms with van der Waals surface area (Å²) in [6.45, 7) is 0.380. The SMILES string of the molecule is CN(c1ccc(F)cc1)c1cccc(F)c1CCN. The van der Waals surface area contributed by atoms with Crippen LogP contribution in [0, 0.1) is 11.6 Å². The lowest BCUT2D eigenvalue weighted by molar-refractivity contribution is 0.609. The van der Waals surface area contributed by atoms with Crippen molar-refractivity contribution >= 4 is 11.4 Å². The fraction of sp³-hybridized carbons (Fsp3) is 0.200. The van der Waals surface area contributed by atoms with E-state index in [0.717, 1.165) is 11.4 Å². The molecule has 0 radical (unpaired) electrons. The van der Waals surface area contributed by atoms with Gasteiger partial charge in [0.1, 0.15) is 11.6 Å². The molecule has 2 N–H and O–H groups in total. The van der Waals surface area contributed by atoms with E-state index in [1.165, 1.54) is 18.2 Å². The van der Waals surface area contributed by atoms with Crippen LogP contribution in [0.1, 0.15) is 5.56 Å². The van der Waals surface area contributed by atoms with E-state index in [1.807, 2.05) is 18.0 Å². The molecule has 0 aliphatic carbocycles. The summed E-state index contributed by atoms with van der Waals surface area (Å²) in [4.78, 5) is 1.83. The molecule has 19 heavy (non-hydrogen) atoms. The molecule has 0 saturated heterocycles. The van der Waals surface area contributed by atoms with Gasteiger partial charge in [0.2, 0.25) is 0 Å². The Kier molecular flexibility index (Phi) is 4.12. The van der Waals surface area contributed by atoms with Gasteiger partial charge in [0.25, 0.3) is 0 Å². The van der Waals surface area contributed by atoms with Crippen LogP contribution in [0.3, 0.4) is 0 Å². The van der Waals surface area contributed by atoms with Crippen molar-refractivity contribution in [1.29, 1.82) is 0 Å². The van der Waals surface area contributed by atoms with E-state index in [9.17, 15) is 8.78 Å². The first kappa shape index (κ1) is 13.5. The lowest BCUT2D eigenvalue weighted by Crippen LogP contribution is -2.15. The molecule has 0 saturated carbocycles. The monoisotopic (exact) mass is 262 g/mol. The van der Waals surface area contributed by atoms with Crippen molar-refractivity contribution in [2.75, 3.05) is 18.5 Å². The molecule has 0 bridgehead atoms. The Balaban J connectivity index is 2.40. The highest BCUT2D eigenvalue weighted by Crippen LogP contribution is 2.28. The second kappa shape index (κ2) is 5.80. The van der Waals surface area contributed by atoms with Crippen LogP contribution in [-0.2, 0) is 6.42 Å². The van der Waals surface area contributed by atoms with Gasteiger partial charge in [-0.3, -0.25) is 0 Å². The molecule has 0 spiro atoms. The van der Waals surface area contributed by atoms with E-state index in [2.05, 4.69) is 0 Å². The van der Waals surface area contributed by atoms with Crippen LogP contribution in [0.15, 0.2) is 42.5 Å². The van der Waals surface area contributed by atoms with Crippen LogP contribution in [0.5, 0.6) is 0 Å². The van der Waals surface area contributed by atoms with Crippen molar-refractivity contribution in [3.05, 3.63) is 59.7 Å². The van der Waals surface area contributed by atoms with E-state index in [4.69, 9.17) is 5.73 Å². The molecule has 2 aromatic rings. The fourth-order valence-electron chi connectivity index (χ4n) is 2.06. The number of nitrogens with zero attached hydrogens (tertiary/aromatic N) is 1. The van der Waals surface area contributed by atoms with Crippen molar-refractivity contribution in [1.82, 2.24) is 0 Å². The van der Waals surface area contributed by atoms with Gasteiger partial charge in [-0.1, -0.05) is 6.07 Å². The van der Waals surface area contributed by atoms with Crippen molar-refractivity contribution in [2.45, 2.75) is 6.42 Å². The van der Waals surface area contributed by atoms with Gasteiger partial charge < -0.3 is 10.6 Å². The largest absolute Gasteiger partial charge is 0.344 e. The molecule has 0 fully saturated rings. The van der Waals surface area contributed by atoms with E-state index in [-0.39, 0.29) is 11.6 Å². The molecule has 2 aromatic carbocycles. The summed E-state index contributed by atoms with van der Waals surface area (Å²) in [7, 11) is 1.82. The van der Waals surface area contributed by atoms with Gasteiger partial charge in [-0.15, -0.1) is 0 Å². The van der Waals surface area contributed by atoms with Gasteiger partial charge in [0, 0.05) is 24.0 Å². The molecular formula is C15H16F2N2. The maximum Gasteiger partial charge on any atom is 0.128 e. The molecule has 100 valence electrons. The Bertz CT molecular complexity index is 553. The van der Waals surface area contributed by atoms with E-state index in [0.29, 0.717) is 18.5 Å². The number of hydrogen-bond donors (Lipinski definition) is 1. The highest BCUT2D eigenvalue weighted by Gasteiger charge is 2.12. The molecule has 0 aliphatic heterocycles. The highest BCUT2D eigenvalue weighted by molar-refractivity contribution is 5.66. The Labute approximate surface area is 111 Å². The van der Waals surface area contributed by atoms with Crippen LogP contribution in [0.25, 0.3) is 0 Å². The first-order chi connectivity index (χ1) is 9.13. The zero-order valence-corrected chi connectivity index (χ0v) is 10.7. The van der Waals surface area contributed by atoms with Crippen molar-refractivity contribution in [2.24, 2.45) is 5.73 Å². The summed E-state index contributed by atoms with van der Waals surface area (Å²) in [6, 6.07) is 11.0. The summed E-state index contributed by atoms with van der Waals surface area (Å²) in [5, 5.41) is 0. The van der Waals surface area contributed by atoms with Crippen LogP contribution in [0.4, 0.5) is 20.2 Å². The van der Waals surface area contributed by atoms with Crippen LogP contribution in [0.2, 0.25) is 0 Å². The first-order valence-corrected chi connectivity index (χ1v) is 6.10. The summed E-state index contributed by atoms with van der Waals surface area (Å²) >= 11 is 0. The second-order valence-electron chi connectivity index (χ2n) is 4.31. The maximum atomic E-state index is 13.8. The van der Waals surface area contributed by atoms with E-state index < -0.39 is 0 Å². The summed E-state index contributed by atoms with van der Waals surface area (Å²) in [5.41, 5.74) is 7.65. The molecular weight excluding hydrogens is 246 g/mol. The number of halogens is 2. The predicted octanol–water partition coefficient (Wildman–Crippen LogP) is 3.23. The Hall–Kier alpha value is -1.94. The first-order valence-electron chi connectivity index (χ1n) is 6.10. The second-order valence-corrected chi connectivity index (χ2v) is 4.31. The van der Waals surface area contributed by atoms with Gasteiger partial charge in [-0.25, -0.2) is 8.78 Å². The minimum absolute atomic E-state index is 0.267. The fourth-order valence-corrected chi connectivity index (χ4v) is 2.06. The number of hydrogen-bond acceptors (Lipinski definition) is 2. The van der Waals surface area contributed by atoms with Crippen molar-refractivity contribution in [3.8, 4) is 0 Å². The number of benzene rings is 2. The predicted molar refractivity (Wildman–Crippen MR) is 73.6 cm³/mol. The topological polar surface area (TPSA) is 29.3 Å². The van der Waals surface area contributed by atoms with Gasteiger partial charge in [0.05, 0.1) is 0 Å². The minimum Gasteiger partial charge on any atom is -0.344 e. The van der Waals surface area contributed by atoms with Gasteiger partial charge in [-0.05, 0) is 49.4 Å². The third-order valence-corrected chi connectivity index (χ3v) is 3.06. The average molecular weight is 262 g/mol. The Morgan fingerprint density at radius 2 is 1.74 bits per heavy atom. The molecule has 2 rings (SSSR count). The Morgan fingerprint density at radius 1 is 1.05 bits per heavy atom. The normalized spacial score (nSPS) is 10.5. The average Bonchev–Trinajstić information content (AvgIpc) is 2.41. The highest BCUT2D eigenvalue weighted by atomic mass is 19.1. The third-order valence-electron chi connectivity index (χ3n) is 3.06. The lowest BCUT2D eigenvalue weighted by Gasteiger charge is -2.23. The van der Waals surface area contributed by atoms with Crippen molar-refractivity contribution in [3.63, 3.8) is 0 Å². The molecule has 2 nitrogen and oxygen atoms in total. The smallest absolute Gasteiger partial charge is 0.128 e. The van der Waals surface area contributed by atoms with Crippen LogP contribution in [-0.4, -0.2) is 13.6 Å². The molecule has 4 heteroatoms. The quantitative estimate of drug-likeness (QED) is 0.916. The van der Waals surface area contributed by atoms with Gasteiger partial charge in [-0.2, -0.15) is 0 Å². The molecule has 0 atom stereocenters. The lowest BCUT2D eigenvalue weighted by atomic mass is 10.1. The summed E-state index contributed by atoms with van der Waals surface area (Å²) < 4.78 is 26.8. The third kappa shape index (κ3) is 2.90. The Morgan fingerprint density at radius 3 is 2.37 bits per heavy atom. The summed E-state index contributed by atoms with van der Waals surface area (Å²) in [5.74, 6) is -0.560. The summed E-state index contributed by atoms with van der Waals surface area (Å²) in [6.07, 6.45) is 0.466. The van der Waals surface area contributed by atoms with Gasteiger partial charge in [0.15, 0.2) is 0 Å². The molecule has 0 unspecified atom stereocenters. The molecule has 0 aliphatic rings. The standard InChI is InChI=1S/C15H16F2N2/c1-19(12-7-5-11(16)6-8-12)15-4-2-3-14(17)13(15)9-10-18/h2-8H,9-10,18H2,1H3. The number of anilines is 2. The van der Waals surface area contributed by atoms with Crippen LogP contribution >= 0.6 is 0 Å². The zero-order chi connectivity index (χ0) is 13.8.